The molecule has 2 aliphatic rings. The zero-order chi connectivity index (χ0) is 26.5. The maximum Gasteiger partial charge on any atom is 0.338 e. The Kier molecular flexibility index (Phi) is 6.26. The highest BCUT2D eigenvalue weighted by molar-refractivity contribution is 5.90. The Balaban J connectivity index is 1.61. The normalized spacial score (nSPS) is 22.4. The van der Waals surface area contributed by atoms with Gasteiger partial charge in [0, 0.05) is 11.8 Å². The number of fused-ring (bicyclic) bond motifs is 5. The van der Waals surface area contributed by atoms with Crippen molar-refractivity contribution in [1.82, 2.24) is 0 Å². The minimum atomic E-state index is -0.547. The van der Waals surface area contributed by atoms with Gasteiger partial charge in [-0.3, -0.25) is 0 Å². The minimum Gasteiger partial charge on any atom is -0.454 e. The van der Waals surface area contributed by atoms with Gasteiger partial charge >= 0.3 is 11.9 Å². The van der Waals surface area contributed by atoms with Crippen LogP contribution in [-0.2, 0) is 20.3 Å². The van der Waals surface area contributed by atoms with Crippen molar-refractivity contribution < 1.29 is 19.1 Å². The van der Waals surface area contributed by atoms with Crippen LogP contribution < -0.4 is 0 Å². The van der Waals surface area contributed by atoms with Gasteiger partial charge in [-0.1, -0.05) is 90.1 Å². The largest absolute Gasteiger partial charge is 0.454 e. The van der Waals surface area contributed by atoms with Crippen LogP contribution in [0.2, 0.25) is 0 Å². The van der Waals surface area contributed by atoms with Crippen LogP contribution >= 0.6 is 0 Å². The van der Waals surface area contributed by atoms with E-state index < -0.39 is 12.2 Å². The second-order valence-electron chi connectivity index (χ2n) is 12.4. The molecule has 0 N–H and O–H groups in total. The van der Waals surface area contributed by atoms with Crippen LogP contribution in [0.3, 0.4) is 0 Å². The first-order chi connectivity index (χ1) is 17.5. The molecule has 0 heterocycles. The highest BCUT2D eigenvalue weighted by atomic mass is 16.6. The van der Waals surface area contributed by atoms with Crippen molar-refractivity contribution in [3.05, 3.63) is 106 Å². The van der Waals surface area contributed by atoms with E-state index in [9.17, 15) is 9.59 Å². The molecule has 3 aromatic rings. The van der Waals surface area contributed by atoms with E-state index in [0.29, 0.717) is 11.1 Å². The summed E-state index contributed by atoms with van der Waals surface area (Å²) in [4.78, 5) is 26.5. The molecule has 0 aromatic heterocycles. The quantitative estimate of drug-likeness (QED) is 0.355. The minimum absolute atomic E-state index is 0.0299. The summed E-state index contributed by atoms with van der Waals surface area (Å²) in [5.41, 5.74) is 5.96. The number of ether oxygens (including phenoxy) is 2. The van der Waals surface area contributed by atoms with Crippen molar-refractivity contribution in [3.63, 3.8) is 0 Å². The zero-order valence-electron chi connectivity index (χ0n) is 22.6. The van der Waals surface area contributed by atoms with Gasteiger partial charge < -0.3 is 9.47 Å². The molecule has 4 atom stereocenters. The number of rotatable bonds is 4. The number of hydrogen-bond acceptors (Lipinski definition) is 4. The molecule has 0 radical (unpaired) electrons. The molecule has 4 nitrogen and oxygen atoms in total. The third-order valence-electron chi connectivity index (χ3n) is 7.77. The van der Waals surface area contributed by atoms with Gasteiger partial charge in [0.15, 0.2) is 0 Å². The van der Waals surface area contributed by atoms with Gasteiger partial charge in [0.2, 0.25) is 0 Å². The number of carbonyl (C=O) groups excluding carboxylic acids is 2. The maximum absolute atomic E-state index is 13.2. The molecule has 2 bridgehead atoms. The van der Waals surface area contributed by atoms with Crippen molar-refractivity contribution in [2.24, 2.45) is 0 Å². The SMILES string of the molecule is CC(C)(C)c1ccc(C(C)(C)C)c2c1C1CC2C(OC(=O)c2ccccc2)C1OC(=O)c1ccccc1. The van der Waals surface area contributed by atoms with Crippen molar-refractivity contribution in [2.75, 3.05) is 0 Å². The van der Waals surface area contributed by atoms with Gasteiger partial charge in [-0.2, -0.15) is 0 Å². The third kappa shape index (κ3) is 4.58. The third-order valence-corrected chi connectivity index (χ3v) is 7.77. The van der Waals surface area contributed by atoms with Crippen molar-refractivity contribution in [3.8, 4) is 0 Å². The van der Waals surface area contributed by atoms with Crippen LogP contribution in [0.15, 0.2) is 72.8 Å². The lowest BCUT2D eigenvalue weighted by molar-refractivity contribution is -0.0351. The first-order valence-electron chi connectivity index (χ1n) is 13.2. The topological polar surface area (TPSA) is 52.6 Å². The lowest BCUT2D eigenvalue weighted by Gasteiger charge is -2.38. The predicted octanol–water partition coefficient (Wildman–Crippen LogP) is 7.32. The Hall–Kier alpha value is -3.40. The summed E-state index contributed by atoms with van der Waals surface area (Å²) in [5, 5.41) is 0. The van der Waals surface area contributed by atoms with E-state index >= 15 is 0 Å². The smallest absolute Gasteiger partial charge is 0.338 e. The Morgan fingerprint density at radius 3 is 1.27 bits per heavy atom. The van der Waals surface area contributed by atoms with E-state index in [2.05, 4.69) is 53.7 Å². The van der Waals surface area contributed by atoms with E-state index in [1.165, 1.54) is 22.3 Å². The molecule has 1 saturated carbocycles. The molecule has 37 heavy (non-hydrogen) atoms. The van der Waals surface area contributed by atoms with Crippen LogP contribution in [0.1, 0.15) is 103 Å². The Bertz CT molecular complexity index is 1210. The predicted molar refractivity (Wildman–Crippen MR) is 145 cm³/mol. The lowest BCUT2D eigenvalue weighted by atomic mass is 9.71. The molecule has 3 aromatic carbocycles. The van der Waals surface area contributed by atoms with Crippen molar-refractivity contribution >= 4 is 11.9 Å². The van der Waals surface area contributed by atoms with Gasteiger partial charge in [0.05, 0.1) is 11.1 Å². The molecule has 1 fully saturated rings. The average molecular weight is 497 g/mol. The fraction of sp³-hybridized carbons (Fsp3) is 0.394. The van der Waals surface area contributed by atoms with Gasteiger partial charge in [-0.05, 0) is 63.8 Å². The van der Waals surface area contributed by atoms with Gasteiger partial charge in [-0.25, -0.2) is 9.59 Å². The van der Waals surface area contributed by atoms with E-state index in [1.54, 1.807) is 24.3 Å². The number of esters is 2. The summed E-state index contributed by atoms with van der Waals surface area (Å²) in [6, 6.07) is 22.6. The van der Waals surface area contributed by atoms with E-state index in [1.807, 2.05) is 36.4 Å². The molecule has 4 unspecified atom stereocenters. The zero-order valence-corrected chi connectivity index (χ0v) is 22.6. The fourth-order valence-electron chi connectivity index (χ4n) is 6.14. The van der Waals surface area contributed by atoms with Crippen LogP contribution in [0.4, 0.5) is 0 Å². The van der Waals surface area contributed by atoms with E-state index in [0.717, 1.165) is 6.42 Å². The molecule has 0 amide bonds. The average Bonchev–Trinajstić information content (AvgIpc) is 3.40. The number of hydrogen-bond donors (Lipinski definition) is 0. The molecular formula is C33H36O4. The van der Waals surface area contributed by atoms with Crippen molar-refractivity contribution in [2.45, 2.75) is 82.8 Å². The highest BCUT2D eigenvalue weighted by Crippen LogP contribution is 2.59. The monoisotopic (exact) mass is 496 g/mol. The summed E-state index contributed by atoms with van der Waals surface area (Å²) in [6.07, 6.45) is -0.297. The number of benzene rings is 3. The molecule has 4 heteroatoms. The maximum atomic E-state index is 13.2. The fourth-order valence-corrected chi connectivity index (χ4v) is 6.14. The first kappa shape index (κ1) is 25.3. The Morgan fingerprint density at radius 1 is 0.595 bits per heavy atom. The molecule has 0 saturated heterocycles. The van der Waals surface area contributed by atoms with E-state index in [4.69, 9.17) is 9.47 Å². The Labute approximate surface area is 220 Å². The van der Waals surface area contributed by atoms with Crippen LogP contribution in [0, 0.1) is 0 Å². The molecule has 5 rings (SSSR count). The Morgan fingerprint density at radius 2 is 0.946 bits per heavy atom. The van der Waals surface area contributed by atoms with Crippen LogP contribution in [0.5, 0.6) is 0 Å². The summed E-state index contributed by atoms with van der Waals surface area (Å²) >= 11 is 0. The van der Waals surface area contributed by atoms with Crippen LogP contribution in [-0.4, -0.2) is 24.1 Å². The van der Waals surface area contributed by atoms with Crippen LogP contribution in [0.25, 0.3) is 0 Å². The molecule has 2 aliphatic carbocycles. The molecular weight excluding hydrogens is 460 g/mol. The van der Waals surface area contributed by atoms with Gasteiger partial charge in [0.1, 0.15) is 12.2 Å². The van der Waals surface area contributed by atoms with E-state index in [-0.39, 0.29) is 34.6 Å². The molecule has 0 aliphatic heterocycles. The summed E-state index contributed by atoms with van der Waals surface area (Å²) in [6.45, 7) is 13.4. The van der Waals surface area contributed by atoms with Gasteiger partial charge in [-0.15, -0.1) is 0 Å². The van der Waals surface area contributed by atoms with Crippen molar-refractivity contribution in [1.29, 1.82) is 0 Å². The second-order valence-corrected chi connectivity index (χ2v) is 12.4. The summed E-state index contributed by atoms with van der Waals surface area (Å²) in [7, 11) is 0. The standard InChI is InChI=1S/C33H36O4/c1-32(2,3)24-17-18-25(33(4,5)6)27-23-19-22(26(24)27)28(36-30(34)20-13-9-7-10-14-20)29(23)37-31(35)21-15-11-8-12-16-21/h7-18,22-23,28-29H,19H2,1-6H3. The highest BCUT2D eigenvalue weighted by Gasteiger charge is 2.57. The molecule has 192 valence electrons. The summed E-state index contributed by atoms with van der Waals surface area (Å²) < 4.78 is 12.4. The number of carbonyl (C=O) groups is 2. The second kappa shape index (κ2) is 9.16. The molecule has 0 spiro atoms. The van der Waals surface area contributed by atoms with Gasteiger partial charge in [0.25, 0.3) is 0 Å². The first-order valence-corrected chi connectivity index (χ1v) is 13.2. The lowest BCUT2D eigenvalue weighted by Crippen LogP contribution is -2.41. The summed E-state index contributed by atoms with van der Waals surface area (Å²) in [5.74, 6) is -0.829.